The van der Waals surface area contributed by atoms with Crippen molar-refractivity contribution in [2.24, 2.45) is 17.3 Å². The Bertz CT molecular complexity index is 284. The zero-order valence-electron chi connectivity index (χ0n) is 8.45. The number of carboxylic acid groups (broad SMARTS) is 1. The third kappa shape index (κ3) is 1.11. The fraction of sp³-hybridized carbons (Fsp3) is 0.818. The van der Waals surface area contributed by atoms with E-state index >= 15 is 0 Å². The summed E-state index contributed by atoms with van der Waals surface area (Å²) in [6.45, 7) is 2.02. The van der Waals surface area contributed by atoms with Crippen molar-refractivity contribution in [3.63, 3.8) is 0 Å². The van der Waals surface area contributed by atoms with Crippen molar-refractivity contribution in [1.82, 2.24) is 0 Å². The summed E-state index contributed by atoms with van der Waals surface area (Å²) in [6.07, 6.45) is 3.40. The number of Topliss-reactive ketones (excluding diaryl/α,β-unsaturated/α-hetero) is 1. The van der Waals surface area contributed by atoms with Gasteiger partial charge in [-0.05, 0) is 31.1 Å². The van der Waals surface area contributed by atoms with Crippen LogP contribution in [0, 0.1) is 17.3 Å². The lowest BCUT2D eigenvalue weighted by Gasteiger charge is -2.38. The molecule has 0 aliphatic heterocycles. The number of carboxylic acids is 1. The first-order valence-corrected chi connectivity index (χ1v) is 5.32. The maximum Gasteiger partial charge on any atom is 0.310 e. The quantitative estimate of drug-likeness (QED) is 0.696. The summed E-state index contributed by atoms with van der Waals surface area (Å²) in [4.78, 5) is 22.6. The third-order valence-electron chi connectivity index (χ3n) is 4.25. The smallest absolute Gasteiger partial charge is 0.310 e. The van der Waals surface area contributed by atoms with Gasteiger partial charge in [-0.25, -0.2) is 0 Å². The standard InChI is InChI=1S/C11H16O3/c1-7-2-3-8-6-9(12)4-5-11(7,8)10(13)14/h7-8H,2-6H2,1H3,(H,13,14). The lowest BCUT2D eigenvalue weighted by Crippen LogP contribution is -2.43. The zero-order valence-corrected chi connectivity index (χ0v) is 8.45. The molecule has 0 aromatic carbocycles. The molecule has 2 fully saturated rings. The van der Waals surface area contributed by atoms with Gasteiger partial charge in [0.1, 0.15) is 5.78 Å². The predicted octanol–water partition coefficient (Wildman–Crippen LogP) is 1.86. The molecule has 14 heavy (non-hydrogen) atoms. The topological polar surface area (TPSA) is 54.4 Å². The van der Waals surface area contributed by atoms with Gasteiger partial charge >= 0.3 is 5.97 Å². The fourth-order valence-electron chi connectivity index (χ4n) is 3.32. The van der Waals surface area contributed by atoms with E-state index in [1.54, 1.807) is 0 Å². The molecule has 0 aromatic rings. The van der Waals surface area contributed by atoms with Gasteiger partial charge < -0.3 is 5.11 Å². The van der Waals surface area contributed by atoms with Crippen LogP contribution in [-0.4, -0.2) is 16.9 Å². The van der Waals surface area contributed by atoms with E-state index in [9.17, 15) is 14.7 Å². The minimum absolute atomic E-state index is 0.108. The molecular formula is C11H16O3. The van der Waals surface area contributed by atoms with Gasteiger partial charge in [0.15, 0.2) is 0 Å². The van der Waals surface area contributed by atoms with E-state index in [0.717, 1.165) is 12.8 Å². The molecule has 0 bridgehead atoms. The molecular weight excluding hydrogens is 180 g/mol. The molecule has 3 unspecified atom stereocenters. The van der Waals surface area contributed by atoms with E-state index < -0.39 is 11.4 Å². The maximum absolute atomic E-state index is 11.4. The van der Waals surface area contributed by atoms with Crippen molar-refractivity contribution in [1.29, 1.82) is 0 Å². The van der Waals surface area contributed by atoms with Gasteiger partial charge in [0, 0.05) is 12.8 Å². The third-order valence-corrected chi connectivity index (χ3v) is 4.25. The van der Waals surface area contributed by atoms with E-state index in [1.165, 1.54) is 0 Å². The predicted molar refractivity (Wildman–Crippen MR) is 50.8 cm³/mol. The van der Waals surface area contributed by atoms with Crippen LogP contribution in [0.2, 0.25) is 0 Å². The lowest BCUT2D eigenvalue weighted by molar-refractivity contribution is -0.157. The van der Waals surface area contributed by atoms with Crippen LogP contribution >= 0.6 is 0 Å². The molecule has 3 heteroatoms. The second kappa shape index (κ2) is 3.07. The molecule has 0 saturated heterocycles. The lowest BCUT2D eigenvalue weighted by atomic mass is 9.64. The summed E-state index contributed by atoms with van der Waals surface area (Å²) in [5.41, 5.74) is -0.575. The van der Waals surface area contributed by atoms with Crippen LogP contribution in [0.3, 0.4) is 0 Å². The monoisotopic (exact) mass is 196 g/mol. The van der Waals surface area contributed by atoms with E-state index in [-0.39, 0.29) is 17.6 Å². The number of rotatable bonds is 1. The van der Waals surface area contributed by atoms with Crippen LogP contribution in [0.1, 0.15) is 39.0 Å². The van der Waals surface area contributed by atoms with E-state index in [2.05, 4.69) is 0 Å². The summed E-state index contributed by atoms with van der Waals surface area (Å²) < 4.78 is 0. The number of carbonyl (C=O) groups is 2. The minimum atomic E-state index is -0.681. The van der Waals surface area contributed by atoms with Gasteiger partial charge in [0.05, 0.1) is 5.41 Å². The SMILES string of the molecule is CC1CCC2CC(=O)CCC12C(=O)O. The first-order valence-electron chi connectivity index (χ1n) is 5.32. The normalized spacial score (nSPS) is 42.2. The highest BCUT2D eigenvalue weighted by Gasteiger charge is 2.55. The molecule has 2 aliphatic carbocycles. The van der Waals surface area contributed by atoms with Gasteiger partial charge in [-0.1, -0.05) is 6.92 Å². The van der Waals surface area contributed by atoms with Gasteiger partial charge in [-0.15, -0.1) is 0 Å². The molecule has 0 aromatic heterocycles. The number of aliphatic carboxylic acids is 1. The van der Waals surface area contributed by atoms with Gasteiger partial charge in [-0.2, -0.15) is 0 Å². The second-order valence-corrected chi connectivity index (χ2v) is 4.76. The summed E-state index contributed by atoms with van der Waals surface area (Å²) in [5, 5.41) is 9.34. The van der Waals surface area contributed by atoms with Crippen LogP contribution in [0.25, 0.3) is 0 Å². The highest BCUT2D eigenvalue weighted by molar-refractivity contribution is 5.85. The molecule has 2 aliphatic rings. The van der Waals surface area contributed by atoms with E-state index in [4.69, 9.17) is 0 Å². The van der Waals surface area contributed by atoms with Crippen molar-refractivity contribution >= 4 is 11.8 Å². The summed E-state index contributed by atoms with van der Waals surface area (Å²) >= 11 is 0. The van der Waals surface area contributed by atoms with Crippen LogP contribution in [0.5, 0.6) is 0 Å². The summed E-state index contributed by atoms with van der Waals surface area (Å²) in [7, 11) is 0. The highest BCUT2D eigenvalue weighted by Crippen LogP contribution is 2.54. The molecule has 3 atom stereocenters. The number of carbonyl (C=O) groups excluding carboxylic acids is 1. The minimum Gasteiger partial charge on any atom is -0.481 e. The molecule has 0 heterocycles. The van der Waals surface area contributed by atoms with Gasteiger partial charge in [0.2, 0.25) is 0 Å². The highest BCUT2D eigenvalue weighted by atomic mass is 16.4. The number of hydrogen-bond acceptors (Lipinski definition) is 2. The Balaban J connectivity index is 2.32. The van der Waals surface area contributed by atoms with Gasteiger partial charge in [0.25, 0.3) is 0 Å². The second-order valence-electron chi connectivity index (χ2n) is 4.76. The zero-order chi connectivity index (χ0) is 10.3. The summed E-state index contributed by atoms with van der Waals surface area (Å²) in [6, 6.07) is 0. The Morgan fingerprint density at radius 1 is 1.50 bits per heavy atom. The van der Waals surface area contributed by atoms with Crippen molar-refractivity contribution in [2.45, 2.75) is 39.0 Å². The van der Waals surface area contributed by atoms with Crippen molar-refractivity contribution in [2.75, 3.05) is 0 Å². The van der Waals surface area contributed by atoms with Crippen molar-refractivity contribution < 1.29 is 14.7 Å². The van der Waals surface area contributed by atoms with E-state index in [1.807, 2.05) is 6.92 Å². The Labute approximate surface area is 83.5 Å². The first-order chi connectivity index (χ1) is 6.57. The van der Waals surface area contributed by atoms with Crippen LogP contribution in [0.15, 0.2) is 0 Å². The molecule has 2 saturated carbocycles. The first kappa shape index (κ1) is 9.69. The molecule has 0 amide bonds. The number of ketones is 1. The fourth-order valence-corrected chi connectivity index (χ4v) is 3.32. The molecule has 0 radical (unpaired) electrons. The Hall–Kier alpha value is -0.860. The number of fused-ring (bicyclic) bond motifs is 1. The summed E-state index contributed by atoms with van der Waals surface area (Å²) in [5.74, 6) is -0.0877. The molecule has 78 valence electrons. The van der Waals surface area contributed by atoms with Crippen molar-refractivity contribution in [3.05, 3.63) is 0 Å². The van der Waals surface area contributed by atoms with E-state index in [0.29, 0.717) is 19.3 Å². The van der Waals surface area contributed by atoms with Crippen LogP contribution < -0.4 is 0 Å². The van der Waals surface area contributed by atoms with Crippen LogP contribution in [0.4, 0.5) is 0 Å². The Morgan fingerprint density at radius 3 is 2.86 bits per heavy atom. The molecule has 1 N–H and O–H groups in total. The average molecular weight is 196 g/mol. The largest absolute Gasteiger partial charge is 0.481 e. The Morgan fingerprint density at radius 2 is 2.21 bits per heavy atom. The molecule has 2 rings (SSSR count). The molecule has 3 nitrogen and oxygen atoms in total. The van der Waals surface area contributed by atoms with Gasteiger partial charge in [-0.3, -0.25) is 9.59 Å². The maximum atomic E-state index is 11.4. The van der Waals surface area contributed by atoms with Crippen LogP contribution in [-0.2, 0) is 9.59 Å². The number of hydrogen-bond donors (Lipinski definition) is 1. The Kier molecular flexibility index (Phi) is 2.13. The average Bonchev–Trinajstić information content (AvgIpc) is 2.44. The van der Waals surface area contributed by atoms with Crippen molar-refractivity contribution in [3.8, 4) is 0 Å². The molecule has 0 spiro atoms.